The average Bonchev–Trinajstić information content (AvgIpc) is 2.61. The molecule has 6 nitrogen and oxygen atoms in total. The largest absolute Gasteiger partial charge is 0.337 e. The van der Waals surface area contributed by atoms with Crippen molar-refractivity contribution in [3.8, 4) is 6.07 Å². The van der Waals surface area contributed by atoms with E-state index in [0.29, 0.717) is 24.2 Å². The highest BCUT2D eigenvalue weighted by Crippen LogP contribution is 2.14. The van der Waals surface area contributed by atoms with Crippen LogP contribution in [-0.4, -0.2) is 32.8 Å². The molecule has 2 rings (SSSR count). The maximum atomic E-state index is 12.5. The minimum atomic E-state index is -3.53. The van der Waals surface area contributed by atoms with Gasteiger partial charge in [0.25, 0.3) is 5.91 Å². The number of carbonyl (C=O) groups is 1. The smallest absolute Gasteiger partial charge is 0.253 e. The minimum absolute atomic E-state index is 0.121. The standard InChI is InChI=1S/C18H19N3O3S/c1-3-20-25(23,24)17-9-7-16(8-10-17)18(22)21(2)13-15-6-4-5-14(11-15)12-19/h4-11,20H,3,13H2,1-2H3. The van der Waals surface area contributed by atoms with Crippen molar-refractivity contribution in [1.82, 2.24) is 9.62 Å². The minimum Gasteiger partial charge on any atom is -0.337 e. The van der Waals surface area contributed by atoms with Gasteiger partial charge in [-0.05, 0) is 42.0 Å². The van der Waals surface area contributed by atoms with Crippen molar-refractivity contribution in [3.63, 3.8) is 0 Å². The van der Waals surface area contributed by atoms with Gasteiger partial charge < -0.3 is 4.90 Å². The van der Waals surface area contributed by atoms with Crippen LogP contribution in [0.3, 0.4) is 0 Å². The van der Waals surface area contributed by atoms with Crippen molar-refractivity contribution in [1.29, 1.82) is 5.26 Å². The zero-order valence-electron chi connectivity index (χ0n) is 14.1. The molecule has 0 spiro atoms. The fourth-order valence-electron chi connectivity index (χ4n) is 2.36. The first-order chi connectivity index (χ1) is 11.9. The Morgan fingerprint density at radius 3 is 2.48 bits per heavy atom. The number of hydrogen-bond acceptors (Lipinski definition) is 4. The van der Waals surface area contributed by atoms with Gasteiger partial charge in [-0.3, -0.25) is 4.79 Å². The first-order valence-corrected chi connectivity index (χ1v) is 9.20. The molecular formula is C18H19N3O3S. The number of nitrogens with zero attached hydrogens (tertiary/aromatic N) is 2. The molecule has 0 atom stereocenters. The van der Waals surface area contributed by atoms with E-state index in [-0.39, 0.29) is 10.8 Å². The SMILES string of the molecule is CCNS(=O)(=O)c1ccc(C(=O)N(C)Cc2cccc(C#N)c2)cc1. The predicted molar refractivity (Wildman–Crippen MR) is 94.3 cm³/mol. The number of nitrogens with one attached hydrogen (secondary N) is 1. The number of amides is 1. The summed E-state index contributed by atoms with van der Waals surface area (Å²) in [7, 11) is -1.88. The van der Waals surface area contributed by atoms with Crippen LogP contribution in [0.4, 0.5) is 0 Å². The van der Waals surface area contributed by atoms with Crippen molar-refractivity contribution in [2.24, 2.45) is 0 Å². The summed E-state index contributed by atoms with van der Waals surface area (Å²) in [4.78, 5) is 14.1. The van der Waals surface area contributed by atoms with Crippen molar-refractivity contribution in [3.05, 3.63) is 65.2 Å². The van der Waals surface area contributed by atoms with E-state index in [4.69, 9.17) is 5.26 Å². The highest BCUT2D eigenvalue weighted by molar-refractivity contribution is 7.89. The molecule has 0 radical (unpaired) electrons. The summed E-state index contributed by atoms with van der Waals surface area (Å²) in [6, 6.07) is 14.9. The van der Waals surface area contributed by atoms with Gasteiger partial charge in [-0.2, -0.15) is 5.26 Å². The van der Waals surface area contributed by atoms with Gasteiger partial charge in [-0.1, -0.05) is 19.1 Å². The second kappa shape index (κ2) is 7.92. The highest BCUT2D eigenvalue weighted by Gasteiger charge is 2.16. The maximum absolute atomic E-state index is 12.5. The lowest BCUT2D eigenvalue weighted by Crippen LogP contribution is -2.26. The molecule has 0 aliphatic rings. The summed E-state index contributed by atoms with van der Waals surface area (Å²) in [5, 5.41) is 8.93. The Bertz CT molecular complexity index is 900. The van der Waals surface area contributed by atoms with Gasteiger partial charge in [0, 0.05) is 25.7 Å². The zero-order chi connectivity index (χ0) is 18.4. The first kappa shape index (κ1) is 18.6. The Morgan fingerprint density at radius 1 is 1.20 bits per heavy atom. The quantitative estimate of drug-likeness (QED) is 0.857. The van der Waals surface area contributed by atoms with E-state index in [9.17, 15) is 13.2 Å². The Morgan fingerprint density at radius 2 is 1.88 bits per heavy atom. The lowest BCUT2D eigenvalue weighted by Gasteiger charge is -2.17. The molecule has 130 valence electrons. The second-order valence-corrected chi connectivity index (χ2v) is 7.27. The van der Waals surface area contributed by atoms with Gasteiger partial charge in [0.1, 0.15) is 0 Å². The average molecular weight is 357 g/mol. The monoisotopic (exact) mass is 357 g/mol. The third-order valence-electron chi connectivity index (χ3n) is 3.57. The number of rotatable bonds is 6. The molecule has 1 N–H and O–H groups in total. The molecule has 2 aromatic rings. The molecule has 0 unspecified atom stereocenters. The molecule has 7 heteroatoms. The molecule has 0 fully saturated rings. The van der Waals surface area contributed by atoms with E-state index in [1.165, 1.54) is 29.2 Å². The van der Waals surface area contributed by atoms with Crippen LogP contribution in [0.1, 0.15) is 28.4 Å². The van der Waals surface area contributed by atoms with Crippen LogP contribution in [0.25, 0.3) is 0 Å². The third kappa shape index (κ3) is 4.66. The van der Waals surface area contributed by atoms with Gasteiger partial charge in [0.15, 0.2) is 0 Å². The molecule has 0 aromatic heterocycles. The molecule has 0 bridgehead atoms. The van der Waals surface area contributed by atoms with Crippen molar-refractivity contribution in [2.45, 2.75) is 18.4 Å². The number of hydrogen-bond donors (Lipinski definition) is 1. The zero-order valence-corrected chi connectivity index (χ0v) is 14.9. The van der Waals surface area contributed by atoms with E-state index in [1.54, 1.807) is 32.2 Å². The summed E-state index contributed by atoms with van der Waals surface area (Å²) in [5.74, 6) is -0.227. The van der Waals surface area contributed by atoms with Gasteiger partial charge in [0.2, 0.25) is 10.0 Å². The van der Waals surface area contributed by atoms with Crippen LogP contribution in [0.5, 0.6) is 0 Å². The normalized spacial score (nSPS) is 10.9. The maximum Gasteiger partial charge on any atom is 0.253 e. The van der Waals surface area contributed by atoms with Gasteiger partial charge in [-0.25, -0.2) is 13.1 Å². The van der Waals surface area contributed by atoms with E-state index in [1.807, 2.05) is 6.07 Å². The lowest BCUT2D eigenvalue weighted by molar-refractivity contribution is 0.0785. The Balaban J connectivity index is 2.13. The van der Waals surface area contributed by atoms with Crippen molar-refractivity contribution >= 4 is 15.9 Å². The summed E-state index contributed by atoms with van der Waals surface area (Å²) >= 11 is 0. The molecule has 0 aliphatic heterocycles. The van der Waals surface area contributed by atoms with Crippen LogP contribution in [0.15, 0.2) is 53.4 Å². The lowest BCUT2D eigenvalue weighted by atomic mass is 10.1. The third-order valence-corrected chi connectivity index (χ3v) is 5.13. The Kier molecular flexibility index (Phi) is 5.91. The molecule has 25 heavy (non-hydrogen) atoms. The number of benzene rings is 2. The fraction of sp³-hybridized carbons (Fsp3) is 0.222. The molecule has 0 heterocycles. The van der Waals surface area contributed by atoms with E-state index in [2.05, 4.69) is 10.8 Å². The van der Waals surface area contributed by atoms with Crippen molar-refractivity contribution in [2.75, 3.05) is 13.6 Å². The van der Waals surface area contributed by atoms with Crippen LogP contribution >= 0.6 is 0 Å². The topological polar surface area (TPSA) is 90.3 Å². The second-order valence-electron chi connectivity index (χ2n) is 5.50. The number of sulfonamides is 1. The number of nitriles is 1. The summed E-state index contributed by atoms with van der Waals surface area (Å²) in [6.45, 7) is 2.35. The Labute approximate surface area is 147 Å². The first-order valence-electron chi connectivity index (χ1n) is 7.71. The van der Waals surface area contributed by atoms with Crippen LogP contribution in [0, 0.1) is 11.3 Å². The van der Waals surface area contributed by atoms with Gasteiger partial charge in [-0.15, -0.1) is 0 Å². The summed E-state index contributed by atoms with van der Waals surface area (Å²) in [6.07, 6.45) is 0. The van der Waals surface area contributed by atoms with E-state index in [0.717, 1.165) is 5.56 Å². The predicted octanol–water partition coefficient (Wildman–Crippen LogP) is 2.13. The number of carbonyl (C=O) groups excluding carboxylic acids is 1. The van der Waals surface area contributed by atoms with Crippen LogP contribution < -0.4 is 4.72 Å². The van der Waals surface area contributed by atoms with E-state index < -0.39 is 10.0 Å². The molecular weight excluding hydrogens is 338 g/mol. The summed E-state index contributed by atoms with van der Waals surface area (Å²) in [5.41, 5.74) is 1.78. The molecule has 0 aliphatic carbocycles. The van der Waals surface area contributed by atoms with E-state index >= 15 is 0 Å². The fourth-order valence-corrected chi connectivity index (χ4v) is 3.40. The summed E-state index contributed by atoms with van der Waals surface area (Å²) < 4.78 is 26.2. The van der Waals surface area contributed by atoms with Crippen LogP contribution in [-0.2, 0) is 16.6 Å². The Hall–Kier alpha value is -2.69. The molecule has 0 saturated heterocycles. The van der Waals surface area contributed by atoms with Crippen LogP contribution in [0.2, 0.25) is 0 Å². The highest BCUT2D eigenvalue weighted by atomic mass is 32.2. The van der Waals surface area contributed by atoms with Crippen molar-refractivity contribution < 1.29 is 13.2 Å². The molecule has 2 aromatic carbocycles. The molecule has 0 saturated carbocycles. The van der Waals surface area contributed by atoms with Gasteiger partial charge >= 0.3 is 0 Å². The molecule has 1 amide bonds. The van der Waals surface area contributed by atoms with Gasteiger partial charge in [0.05, 0.1) is 16.5 Å².